The molecule has 0 atom stereocenters. The van der Waals surface area contributed by atoms with Crippen molar-refractivity contribution in [1.29, 1.82) is 0 Å². The van der Waals surface area contributed by atoms with E-state index in [1.165, 1.54) is 47.4 Å². The van der Waals surface area contributed by atoms with Gasteiger partial charge in [-0.15, -0.1) is 23.4 Å². The zero-order valence-corrected chi connectivity index (χ0v) is 17.8. The topological polar surface area (TPSA) is 94.6 Å². The number of benzene rings is 2. The standard InChI is InChI=1S/C19H15F3N4O4S2/c20-19(21,22)30-13-4-1-11(2-5-13)24-17-25-26-18(32-17)31-8-7-16(27)23-12-3-6-14-15(9-12)29-10-28-14/h1-6,9H,7-8,10H2,(H,23,27)(H,24,25). The Morgan fingerprint density at radius 2 is 1.84 bits per heavy atom. The molecule has 0 spiro atoms. The normalized spacial score (nSPS) is 12.5. The molecular weight excluding hydrogens is 469 g/mol. The number of hydrogen-bond donors (Lipinski definition) is 2. The fraction of sp³-hybridized carbons (Fsp3) is 0.211. The molecule has 4 rings (SSSR count). The molecule has 168 valence electrons. The number of alkyl halides is 3. The van der Waals surface area contributed by atoms with E-state index >= 15 is 0 Å². The molecule has 1 amide bonds. The summed E-state index contributed by atoms with van der Waals surface area (Å²) in [4.78, 5) is 12.1. The summed E-state index contributed by atoms with van der Waals surface area (Å²) in [5.74, 6) is 1.27. The number of thioether (sulfide) groups is 1. The van der Waals surface area contributed by atoms with Crippen molar-refractivity contribution in [1.82, 2.24) is 10.2 Å². The SMILES string of the molecule is O=C(CCSc1nnc(Nc2ccc(OC(F)(F)F)cc2)s1)Nc1ccc2c(c1)OCO2. The quantitative estimate of drug-likeness (QED) is 0.430. The van der Waals surface area contributed by atoms with Gasteiger partial charge in [-0.05, 0) is 36.4 Å². The molecular formula is C19H15F3N4O4S2. The maximum Gasteiger partial charge on any atom is 0.573 e. The third kappa shape index (κ3) is 6.17. The third-order valence-corrected chi connectivity index (χ3v) is 5.93. The maximum atomic E-state index is 12.2. The molecule has 1 aliphatic rings. The number of amides is 1. The maximum absolute atomic E-state index is 12.2. The van der Waals surface area contributed by atoms with Crippen LogP contribution < -0.4 is 24.8 Å². The molecule has 0 aliphatic carbocycles. The number of halogens is 3. The molecule has 2 heterocycles. The van der Waals surface area contributed by atoms with Crippen LogP contribution in [0.3, 0.4) is 0 Å². The molecule has 13 heteroatoms. The second kappa shape index (κ2) is 9.53. The Hall–Kier alpha value is -3.19. The van der Waals surface area contributed by atoms with Crippen LogP contribution in [0.4, 0.5) is 29.7 Å². The molecule has 2 aromatic carbocycles. The van der Waals surface area contributed by atoms with Gasteiger partial charge in [0.05, 0.1) is 0 Å². The second-order valence-corrected chi connectivity index (χ2v) is 8.60. The number of hydrogen-bond acceptors (Lipinski definition) is 9. The van der Waals surface area contributed by atoms with Gasteiger partial charge in [-0.3, -0.25) is 4.79 Å². The van der Waals surface area contributed by atoms with E-state index in [1.807, 2.05) is 0 Å². The summed E-state index contributed by atoms with van der Waals surface area (Å²) < 4.78 is 51.6. The van der Waals surface area contributed by atoms with Crippen molar-refractivity contribution < 1.29 is 32.2 Å². The van der Waals surface area contributed by atoms with Crippen LogP contribution >= 0.6 is 23.1 Å². The highest BCUT2D eigenvalue weighted by molar-refractivity contribution is 8.01. The van der Waals surface area contributed by atoms with Crippen LogP contribution in [0.5, 0.6) is 17.2 Å². The van der Waals surface area contributed by atoms with Gasteiger partial charge in [0, 0.05) is 29.6 Å². The minimum atomic E-state index is -4.73. The first-order valence-corrected chi connectivity index (χ1v) is 10.9. The first kappa shape index (κ1) is 22.0. The number of nitrogens with one attached hydrogen (secondary N) is 2. The summed E-state index contributed by atoms with van der Waals surface area (Å²) in [6.07, 6.45) is -4.47. The summed E-state index contributed by atoms with van der Waals surface area (Å²) in [5.41, 5.74) is 1.16. The molecule has 0 fully saturated rings. The summed E-state index contributed by atoms with van der Waals surface area (Å²) in [6, 6.07) is 10.5. The first-order valence-electron chi connectivity index (χ1n) is 9.13. The molecule has 2 N–H and O–H groups in total. The summed E-state index contributed by atoms with van der Waals surface area (Å²) in [7, 11) is 0. The number of rotatable bonds is 8. The summed E-state index contributed by atoms with van der Waals surface area (Å²) in [6.45, 7) is 0.167. The van der Waals surface area contributed by atoms with Gasteiger partial charge in [-0.25, -0.2) is 0 Å². The lowest BCUT2D eigenvalue weighted by molar-refractivity contribution is -0.274. The monoisotopic (exact) mass is 484 g/mol. The predicted molar refractivity (Wildman–Crippen MR) is 113 cm³/mol. The van der Waals surface area contributed by atoms with Crippen molar-refractivity contribution in [3.8, 4) is 17.2 Å². The highest BCUT2D eigenvalue weighted by Crippen LogP contribution is 2.34. The Morgan fingerprint density at radius 1 is 1.09 bits per heavy atom. The largest absolute Gasteiger partial charge is 0.573 e. The van der Waals surface area contributed by atoms with Crippen LogP contribution in [0, 0.1) is 0 Å². The lowest BCUT2D eigenvalue weighted by Crippen LogP contribution is -2.16. The lowest BCUT2D eigenvalue weighted by atomic mass is 10.2. The van der Waals surface area contributed by atoms with Gasteiger partial charge < -0.3 is 24.8 Å². The van der Waals surface area contributed by atoms with E-state index < -0.39 is 6.36 Å². The van der Waals surface area contributed by atoms with Gasteiger partial charge in [-0.1, -0.05) is 23.1 Å². The van der Waals surface area contributed by atoms with Gasteiger partial charge >= 0.3 is 6.36 Å². The van der Waals surface area contributed by atoms with Crippen molar-refractivity contribution in [2.75, 3.05) is 23.2 Å². The number of ether oxygens (including phenoxy) is 3. The van der Waals surface area contributed by atoms with Gasteiger partial charge in [0.15, 0.2) is 15.8 Å². The van der Waals surface area contributed by atoms with Crippen LogP contribution in [0.15, 0.2) is 46.8 Å². The summed E-state index contributed by atoms with van der Waals surface area (Å²) >= 11 is 2.64. The predicted octanol–water partition coefficient (Wildman–Crippen LogP) is 5.03. The Labute approximate surface area is 188 Å². The van der Waals surface area contributed by atoms with Crippen molar-refractivity contribution in [2.24, 2.45) is 0 Å². The van der Waals surface area contributed by atoms with E-state index in [0.29, 0.717) is 38.1 Å². The second-order valence-electron chi connectivity index (χ2n) is 6.28. The molecule has 0 radical (unpaired) electrons. The average Bonchev–Trinajstić information content (AvgIpc) is 3.37. The average molecular weight is 484 g/mol. The molecule has 0 saturated carbocycles. The minimum absolute atomic E-state index is 0.152. The van der Waals surface area contributed by atoms with Crippen molar-refractivity contribution >= 4 is 45.5 Å². The van der Waals surface area contributed by atoms with E-state index in [2.05, 4.69) is 25.6 Å². The molecule has 0 unspecified atom stereocenters. The first-order chi connectivity index (χ1) is 15.3. The van der Waals surface area contributed by atoms with Crippen LogP contribution in [-0.4, -0.2) is 35.0 Å². The molecule has 1 aliphatic heterocycles. The van der Waals surface area contributed by atoms with Crippen LogP contribution in [0.2, 0.25) is 0 Å². The van der Waals surface area contributed by atoms with Crippen LogP contribution in [0.25, 0.3) is 0 Å². The van der Waals surface area contributed by atoms with Gasteiger partial charge in [0.25, 0.3) is 0 Å². The van der Waals surface area contributed by atoms with Gasteiger partial charge in [0.2, 0.25) is 17.8 Å². The molecule has 32 heavy (non-hydrogen) atoms. The van der Waals surface area contributed by atoms with Crippen molar-refractivity contribution in [3.05, 3.63) is 42.5 Å². The molecule has 8 nitrogen and oxygen atoms in total. The lowest BCUT2D eigenvalue weighted by Gasteiger charge is -2.09. The summed E-state index contributed by atoms with van der Waals surface area (Å²) in [5, 5.41) is 14.3. The third-order valence-electron chi connectivity index (χ3n) is 3.96. The molecule has 3 aromatic rings. The molecule has 0 bridgehead atoms. The molecule has 0 saturated heterocycles. The Kier molecular flexibility index (Phi) is 6.55. The van der Waals surface area contributed by atoms with Crippen molar-refractivity contribution in [3.63, 3.8) is 0 Å². The van der Waals surface area contributed by atoms with Crippen LogP contribution in [0.1, 0.15) is 6.42 Å². The molecule has 1 aromatic heterocycles. The highest BCUT2D eigenvalue weighted by atomic mass is 32.2. The van der Waals surface area contributed by atoms with Gasteiger partial charge in [0.1, 0.15) is 5.75 Å². The zero-order valence-electron chi connectivity index (χ0n) is 16.1. The van der Waals surface area contributed by atoms with E-state index in [9.17, 15) is 18.0 Å². The van der Waals surface area contributed by atoms with E-state index in [-0.39, 0.29) is 24.9 Å². The number of nitrogens with zero attached hydrogens (tertiary/aromatic N) is 2. The number of fused-ring (bicyclic) bond motifs is 1. The van der Waals surface area contributed by atoms with Crippen molar-refractivity contribution in [2.45, 2.75) is 17.1 Å². The van der Waals surface area contributed by atoms with E-state index in [0.717, 1.165) is 0 Å². The smallest absolute Gasteiger partial charge is 0.454 e. The number of carbonyl (C=O) groups is 1. The number of anilines is 3. The van der Waals surface area contributed by atoms with E-state index in [1.54, 1.807) is 18.2 Å². The van der Waals surface area contributed by atoms with Crippen LogP contribution in [-0.2, 0) is 4.79 Å². The Bertz CT molecular complexity index is 1090. The van der Waals surface area contributed by atoms with Gasteiger partial charge in [-0.2, -0.15) is 0 Å². The minimum Gasteiger partial charge on any atom is -0.454 e. The fourth-order valence-corrected chi connectivity index (χ4v) is 4.39. The fourth-order valence-electron chi connectivity index (χ4n) is 2.61. The number of carbonyl (C=O) groups excluding carboxylic acids is 1. The highest BCUT2D eigenvalue weighted by Gasteiger charge is 2.30. The zero-order chi connectivity index (χ0) is 22.6. The number of aromatic nitrogens is 2. The van der Waals surface area contributed by atoms with E-state index in [4.69, 9.17) is 9.47 Å². The Morgan fingerprint density at radius 3 is 2.62 bits per heavy atom. The Balaban J connectivity index is 1.22.